The minimum Gasteiger partial charge on any atom is -0.361 e. The molecule has 4 rings (SSSR count). The lowest BCUT2D eigenvalue weighted by atomic mass is 10.1. The van der Waals surface area contributed by atoms with Gasteiger partial charge in [-0.3, -0.25) is 14.8 Å². The first-order valence-corrected chi connectivity index (χ1v) is 9.51. The summed E-state index contributed by atoms with van der Waals surface area (Å²) < 4.78 is 10.3. The summed E-state index contributed by atoms with van der Waals surface area (Å²) in [5, 5.41) is 7.78. The van der Waals surface area contributed by atoms with Gasteiger partial charge in [-0.1, -0.05) is 10.3 Å². The topological polar surface area (TPSA) is 98.2 Å². The largest absolute Gasteiger partial charge is 0.361 e. The molecule has 8 nitrogen and oxygen atoms in total. The van der Waals surface area contributed by atoms with E-state index in [-0.39, 0.29) is 11.9 Å². The molecular weight excluding hydrogens is 358 g/mol. The fraction of sp³-hybridized carbons (Fsp3) is 0.450. The highest BCUT2D eigenvalue weighted by molar-refractivity contribution is 5.91. The molecule has 1 saturated heterocycles. The standard InChI is InChI=1S/C20H23N5O3/c1-12-9-18(28-23-12)20(26)25-8-4-5-16(25)7-6-15-10-22-17(11-21-15)19-13(2)24-27-14(19)3/h9-11,16H,4-8H2,1-3H3. The summed E-state index contributed by atoms with van der Waals surface area (Å²) in [5.41, 5.74) is 4.09. The number of aryl methyl sites for hydroxylation is 4. The highest BCUT2D eigenvalue weighted by Crippen LogP contribution is 2.26. The van der Waals surface area contributed by atoms with E-state index in [1.807, 2.05) is 25.7 Å². The minimum absolute atomic E-state index is 0.0806. The second-order valence-corrected chi connectivity index (χ2v) is 7.26. The summed E-state index contributed by atoms with van der Waals surface area (Å²) in [7, 11) is 0. The van der Waals surface area contributed by atoms with E-state index in [0.29, 0.717) is 11.5 Å². The third kappa shape index (κ3) is 3.54. The Morgan fingerprint density at radius 1 is 1.18 bits per heavy atom. The summed E-state index contributed by atoms with van der Waals surface area (Å²) in [6.07, 6.45) is 7.15. The van der Waals surface area contributed by atoms with E-state index < -0.39 is 0 Å². The van der Waals surface area contributed by atoms with Crippen molar-refractivity contribution in [1.82, 2.24) is 25.2 Å². The molecule has 8 heteroatoms. The molecule has 4 heterocycles. The number of amides is 1. The average molecular weight is 381 g/mol. The molecule has 0 aromatic carbocycles. The number of rotatable bonds is 5. The van der Waals surface area contributed by atoms with Crippen LogP contribution in [0.4, 0.5) is 0 Å². The Morgan fingerprint density at radius 3 is 2.68 bits per heavy atom. The van der Waals surface area contributed by atoms with Crippen LogP contribution < -0.4 is 0 Å². The van der Waals surface area contributed by atoms with Crippen LogP contribution in [0.15, 0.2) is 27.5 Å². The van der Waals surface area contributed by atoms with Crippen LogP contribution in [0.5, 0.6) is 0 Å². The first kappa shape index (κ1) is 18.3. The van der Waals surface area contributed by atoms with Gasteiger partial charge in [0.2, 0.25) is 5.76 Å². The number of hydrogen-bond acceptors (Lipinski definition) is 7. The summed E-state index contributed by atoms with van der Waals surface area (Å²) in [5.74, 6) is 0.971. The first-order valence-electron chi connectivity index (χ1n) is 9.51. The molecule has 3 aromatic rings. The number of hydrogen-bond donors (Lipinski definition) is 0. The number of carbonyl (C=O) groups excluding carboxylic acids is 1. The van der Waals surface area contributed by atoms with Crippen molar-refractivity contribution in [3.63, 3.8) is 0 Å². The molecule has 0 bridgehead atoms. The maximum atomic E-state index is 12.7. The Balaban J connectivity index is 1.40. The molecule has 1 atom stereocenters. The SMILES string of the molecule is Cc1cc(C(=O)N2CCCC2CCc2cnc(-c3c(C)noc3C)cn2)on1. The summed E-state index contributed by atoms with van der Waals surface area (Å²) in [6, 6.07) is 1.87. The predicted octanol–water partition coefficient (Wildman–Crippen LogP) is 3.28. The number of carbonyl (C=O) groups is 1. The lowest BCUT2D eigenvalue weighted by Gasteiger charge is -2.23. The molecule has 0 radical (unpaired) electrons. The van der Waals surface area contributed by atoms with Crippen molar-refractivity contribution in [2.45, 2.75) is 52.5 Å². The van der Waals surface area contributed by atoms with Crippen LogP contribution in [-0.4, -0.2) is 43.7 Å². The van der Waals surface area contributed by atoms with Gasteiger partial charge in [0.1, 0.15) is 5.76 Å². The van der Waals surface area contributed by atoms with Crippen LogP contribution in [0.1, 0.15) is 52.7 Å². The highest BCUT2D eigenvalue weighted by Gasteiger charge is 2.31. The Hall–Kier alpha value is -3.03. The van der Waals surface area contributed by atoms with E-state index in [2.05, 4.69) is 20.3 Å². The van der Waals surface area contributed by atoms with Gasteiger partial charge >= 0.3 is 0 Å². The molecule has 1 aliphatic heterocycles. The van der Waals surface area contributed by atoms with E-state index in [0.717, 1.165) is 60.6 Å². The first-order chi connectivity index (χ1) is 13.5. The lowest BCUT2D eigenvalue weighted by molar-refractivity contribution is 0.0688. The van der Waals surface area contributed by atoms with Crippen molar-refractivity contribution in [2.24, 2.45) is 0 Å². The molecule has 1 unspecified atom stereocenters. The molecule has 1 amide bonds. The Kier molecular flexibility index (Phi) is 4.93. The van der Waals surface area contributed by atoms with Crippen LogP contribution in [0.2, 0.25) is 0 Å². The van der Waals surface area contributed by atoms with Crippen LogP contribution in [0, 0.1) is 20.8 Å². The van der Waals surface area contributed by atoms with Crippen molar-refractivity contribution in [1.29, 1.82) is 0 Å². The Morgan fingerprint density at radius 2 is 2.04 bits per heavy atom. The lowest BCUT2D eigenvalue weighted by Crippen LogP contribution is -2.35. The van der Waals surface area contributed by atoms with Crippen molar-refractivity contribution in [3.05, 3.63) is 47.1 Å². The van der Waals surface area contributed by atoms with E-state index in [4.69, 9.17) is 9.05 Å². The van der Waals surface area contributed by atoms with Gasteiger partial charge in [0.05, 0.1) is 34.5 Å². The van der Waals surface area contributed by atoms with Gasteiger partial charge < -0.3 is 13.9 Å². The third-order valence-electron chi connectivity index (χ3n) is 5.21. The third-order valence-corrected chi connectivity index (χ3v) is 5.21. The summed E-state index contributed by atoms with van der Waals surface area (Å²) >= 11 is 0. The molecule has 1 aliphatic rings. The van der Waals surface area contributed by atoms with Gasteiger partial charge in [-0.15, -0.1) is 0 Å². The molecule has 146 valence electrons. The molecule has 0 N–H and O–H groups in total. The quantitative estimate of drug-likeness (QED) is 0.669. The van der Waals surface area contributed by atoms with Crippen LogP contribution >= 0.6 is 0 Å². The van der Waals surface area contributed by atoms with Crippen LogP contribution in [0.25, 0.3) is 11.3 Å². The van der Waals surface area contributed by atoms with Crippen LogP contribution in [0.3, 0.4) is 0 Å². The van der Waals surface area contributed by atoms with Gasteiger partial charge in [0.25, 0.3) is 5.91 Å². The normalized spacial score (nSPS) is 16.7. The number of likely N-dealkylation sites (tertiary alicyclic amines) is 1. The van der Waals surface area contributed by atoms with Gasteiger partial charge in [-0.2, -0.15) is 0 Å². The fourth-order valence-corrected chi connectivity index (χ4v) is 3.79. The van der Waals surface area contributed by atoms with E-state index in [9.17, 15) is 4.79 Å². The highest BCUT2D eigenvalue weighted by atomic mass is 16.5. The number of nitrogens with zero attached hydrogens (tertiary/aromatic N) is 5. The second kappa shape index (κ2) is 7.53. The number of aromatic nitrogens is 4. The van der Waals surface area contributed by atoms with Crippen molar-refractivity contribution >= 4 is 5.91 Å². The zero-order valence-electron chi connectivity index (χ0n) is 16.3. The summed E-state index contributed by atoms with van der Waals surface area (Å²) in [4.78, 5) is 23.6. The zero-order chi connectivity index (χ0) is 19.7. The molecule has 1 fully saturated rings. The van der Waals surface area contributed by atoms with Crippen molar-refractivity contribution < 1.29 is 13.8 Å². The molecule has 0 saturated carbocycles. The minimum atomic E-state index is -0.0806. The predicted molar refractivity (Wildman–Crippen MR) is 101 cm³/mol. The smallest absolute Gasteiger partial charge is 0.292 e. The maximum absolute atomic E-state index is 12.7. The zero-order valence-corrected chi connectivity index (χ0v) is 16.3. The molecule has 0 aliphatic carbocycles. The molecule has 28 heavy (non-hydrogen) atoms. The van der Waals surface area contributed by atoms with E-state index >= 15 is 0 Å². The summed E-state index contributed by atoms with van der Waals surface area (Å²) in [6.45, 7) is 6.32. The van der Waals surface area contributed by atoms with Gasteiger partial charge in [0, 0.05) is 24.8 Å². The average Bonchev–Trinajstić information content (AvgIpc) is 3.41. The van der Waals surface area contributed by atoms with Crippen LogP contribution in [-0.2, 0) is 6.42 Å². The molecule has 0 spiro atoms. The van der Waals surface area contributed by atoms with Gasteiger partial charge in [-0.25, -0.2) is 0 Å². The van der Waals surface area contributed by atoms with E-state index in [1.165, 1.54) is 0 Å². The Labute approximate surface area is 162 Å². The monoisotopic (exact) mass is 381 g/mol. The Bertz CT molecular complexity index is 957. The second-order valence-electron chi connectivity index (χ2n) is 7.26. The van der Waals surface area contributed by atoms with Crippen molar-refractivity contribution in [2.75, 3.05) is 6.54 Å². The fourth-order valence-electron chi connectivity index (χ4n) is 3.79. The maximum Gasteiger partial charge on any atom is 0.292 e. The van der Waals surface area contributed by atoms with Gasteiger partial charge in [0.15, 0.2) is 0 Å². The molecule has 3 aromatic heterocycles. The van der Waals surface area contributed by atoms with E-state index in [1.54, 1.807) is 18.5 Å². The molecular formula is C20H23N5O3. The van der Waals surface area contributed by atoms with Gasteiger partial charge in [-0.05, 0) is 46.5 Å². The van der Waals surface area contributed by atoms with Crippen molar-refractivity contribution in [3.8, 4) is 11.3 Å².